The van der Waals surface area contributed by atoms with Crippen molar-refractivity contribution >= 4 is 22.5 Å². The molecule has 0 unspecified atom stereocenters. The first-order chi connectivity index (χ1) is 12.4. The summed E-state index contributed by atoms with van der Waals surface area (Å²) in [4.78, 5) is 33.0. The number of aryl methyl sites for hydroxylation is 2. The van der Waals surface area contributed by atoms with E-state index in [2.05, 4.69) is 15.1 Å². The lowest BCUT2D eigenvalue weighted by Crippen LogP contribution is -2.26. The maximum absolute atomic E-state index is 12.7. The van der Waals surface area contributed by atoms with Gasteiger partial charge in [0.1, 0.15) is 0 Å². The first-order valence-electron chi connectivity index (χ1n) is 7.99. The lowest BCUT2D eigenvalue weighted by atomic mass is 10.1. The van der Waals surface area contributed by atoms with Crippen molar-refractivity contribution in [3.63, 3.8) is 0 Å². The number of nitrogens with zero attached hydrogens (tertiary/aromatic N) is 5. The molecule has 1 aromatic carbocycles. The van der Waals surface area contributed by atoms with E-state index in [1.807, 2.05) is 24.3 Å². The second kappa shape index (κ2) is 5.76. The number of hydrogen-bond acceptors (Lipinski definition) is 5. The quantitative estimate of drug-likeness (QED) is 0.605. The molecule has 0 atom stereocenters. The molecule has 0 aliphatic rings. The van der Waals surface area contributed by atoms with Gasteiger partial charge in [-0.1, -0.05) is 18.2 Å². The maximum Gasteiger partial charge on any atom is 0.357 e. The van der Waals surface area contributed by atoms with Gasteiger partial charge in [0.25, 0.3) is 5.56 Å². The number of carbonyl (C=O) groups is 1. The molecule has 0 bridgehead atoms. The highest BCUT2D eigenvalue weighted by Gasteiger charge is 2.16. The minimum Gasteiger partial charge on any atom is -0.476 e. The minimum atomic E-state index is -1.18. The lowest BCUT2D eigenvalue weighted by Gasteiger charge is -2.07. The van der Waals surface area contributed by atoms with E-state index in [-0.39, 0.29) is 17.8 Å². The number of aromatic nitrogens is 5. The molecule has 3 heterocycles. The highest BCUT2D eigenvalue weighted by atomic mass is 16.4. The topological polar surface area (TPSA) is 102 Å². The second-order valence-corrected chi connectivity index (χ2v) is 6.10. The van der Waals surface area contributed by atoms with Crippen LogP contribution >= 0.6 is 0 Å². The molecule has 0 aliphatic carbocycles. The minimum absolute atomic E-state index is 0.0613. The van der Waals surface area contributed by atoms with Crippen molar-refractivity contribution in [2.75, 3.05) is 0 Å². The summed E-state index contributed by atoms with van der Waals surface area (Å²) >= 11 is 0. The number of fused-ring (bicyclic) bond motifs is 2. The fourth-order valence-electron chi connectivity index (χ4n) is 3.05. The van der Waals surface area contributed by atoms with Crippen LogP contribution < -0.4 is 5.56 Å². The lowest BCUT2D eigenvalue weighted by molar-refractivity contribution is 0.0690. The number of imidazole rings is 1. The van der Waals surface area contributed by atoms with Gasteiger partial charge in [-0.3, -0.25) is 9.20 Å². The predicted molar refractivity (Wildman–Crippen MR) is 94.5 cm³/mol. The summed E-state index contributed by atoms with van der Waals surface area (Å²) in [7, 11) is 0. The predicted octanol–water partition coefficient (Wildman–Crippen LogP) is 1.80. The Bertz CT molecular complexity index is 1240. The van der Waals surface area contributed by atoms with Gasteiger partial charge in [0.15, 0.2) is 5.69 Å². The smallest absolute Gasteiger partial charge is 0.357 e. The molecule has 0 saturated carbocycles. The molecule has 8 heteroatoms. The monoisotopic (exact) mass is 349 g/mol. The second-order valence-electron chi connectivity index (χ2n) is 6.10. The van der Waals surface area contributed by atoms with Crippen LogP contribution in [0.25, 0.3) is 16.6 Å². The highest BCUT2D eigenvalue weighted by Crippen LogP contribution is 2.14. The number of hydrogen-bond donors (Lipinski definition) is 1. The van der Waals surface area contributed by atoms with Crippen LogP contribution in [0.15, 0.2) is 41.3 Å². The average Bonchev–Trinajstić information content (AvgIpc) is 3.00. The van der Waals surface area contributed by atoms with Crippen molar-refractivity contribution in [1.82, 2.24) is 24.1 Å². The van der Waals surface area contributed by atoms with Crippen molar-refractivity contribution in [3.8, 4) is 0 Å². The molecule has 1 N–H and O–H groups in total. The summed E-state index contributed by atoms with van der Waals surface area (Å²) in [6.45, 7) is 3.89. The van der Waals surface area contributed by atoms with Crippen LogP contribution in [0.4, 0.5) is 0 Å². The van der Waals surface area contributed by atoms with Gasteiger partial charge in [-0.2, -0.15) is 5.10 Å². The Morgan fingerprint density at radius 1 is 1.15 bits per heavy atom. The molecule has 3 aromatic heterocycles. The van der Waals surface area contributed by atoms with E-state index >= 15 is 0 Å². The molecule has 0 radical (unpaired) electrons. The molecule has 0 saturated heterocycles. The summed E-state index contributed by atoms with van der Waals surface area (Å²) in [5.41, 5.74) is 1.88. The molecule has 130 valence electrons. The first-order valence-corrected chi connectivity index (χ1v) is 7.99. The third-order valence-corrected chi connectivity index (χ3v) is 4.19. The summed E-state index contributed by atoms with van der Waals surface area (Å²) in [5.74, 6) is -0.650. The van der Waals surface area contributed by atoms with Gasteiger partial charge >= 0.3 is 5.97 Å². The van der Waals surface area contributed by atoms with Crippen molar-refractivity contribution < 1.29 is 9.90 Å². The number of rotatable bonds is 3. The number of aromatic carboxylic acids is 1. The Kier molecular flexibility index (Phi) is 3.54. The fraction of sp³-hybridized carbons (Fsp3) is 0.167. The maximum atomic E-state index is 12.7. The van der Waals surface area contributed by atoms with E-state index in [0.29, 0.717) is 22.2 Å². The van der Waals surface area contributed by atoms with E-state index in [4.69, 9.17) is 0 Å². The van der Waals surface area contributed by atoms with Crippen molar-refractivity contribution in [2.45, 2.75) is 20.4 Å². The Balaban J connectivity index is 1.88. The van der Waals surface area contributed by atoms with E-state index in [1.165, 1.54) is 0 Å². The Hall–Kier alpha value is -3.55. The van der Waals surface area contributed by atoms with E-state index in [0.717, 1.165) is 16.1 Å². The molecule has 0 fully saturated rings. The Labute approximate surface area is 147 Å². The summed E-state index contributed by atoms with van der Waals surface area (Å²) in [6, 6.07) is 8.49. The molecular weight excluding hydrogens is 334 g/mol. The van der Waals surface area contributed by atoms with Crippen LogP contribution in [0.3, 0.4) is 0 Å². The zero-order valence-electron chi connectivity index (χ0n) is 14.2. The Morgan fingerprint density at radius 2 is 1.88 bits per heavy atom. The molecule has 0 spiro atoms. The average molecular weight is 349 g/mol. The Morgan fingerprint density at radius 3 is 2.62 bits per heavy atom. The summed E-state index contributed by atoms with van der Waals surface area (Å²) < 4.78 is 2.96. The number of carboxylic acid groups (broad SMARTS) is 1. The fourth-order valence-corrected chi connectivity index (χ4v) is 3.05. The largest absolute Gasteiger partial charge is 0.476 e. The van der Waals surface area contributed by atoms with Gasteiger partial charge in [-0.15, -0.1) is 0 Å². The van der Waals surface area contributed by atoms with E-state index < -0.39 is 5.97 Å². The molecule has 26 heavy (non-hydrogen) atoms. The highest BCUT2D eigenvalue weighted by molar-refractivity contribution is 6.01. The van der Waals surface area contributed by atoms with Gasteiger partial charge in [0.05, 0.1) is 17.6 Å². The first kappa shape index (κ1) is 15.9. The van der Waals surface area contributed by atoms with Crippen LogP contribution in [0, 0.1) is 13.8 Å². The van der Waals surface area contributed by atoms with E-state index in [9.17, 15) is 14.7 Å². The van der Waals surface area contributed by atoms with Crippen LogP contribution in [0.2, 0.25) is 0 Å². The summed E-state index contributed by atoms with van der Waals surface area (Å²) in [6.07, 6.45) is 1.78. The summed E-state index contributed by atoms with van der Waals surface area (Å²) in [5, 5.41) is 14.1. The van der Waals surface area contributed by atoms with Gasteiger partial charge in [-0.25, -0.2) is 19.4 Å². The number of benzene rings is 1. The van der Waals surface area contributed by atoms with Crippen molar-refractivity contribution in [1.29, 1.82) is 0 Å². The molecule has 4 aromatic rings. The molecule has 0 amide bonds. The van der Waals surface area contributed by atoms with Crippen LogP contribution in [0.1, 0.15) is 27.6 Å². The normalized spacial score (nSPS) is 11.3. The van der Waals surface area contributed by atoms with E-state index in [1.54, 1.807) is 30.5 Å². The van der Waals surface area contributed by atoms with Crippen LogP contribution in [-0.2, 0) is 6.54 Å². The molecular formula is C18H15N5O3. The SMILES string of the molecule is Cc1cc(C)n2cc(Cn3nc(C(=O)O)c4ccccc4c3=O)nc2n1. The van der Waals surface area contributed by atoms with Crippen molar-refractivity contribution in [2.24, 2.45) is 0 Å². The molecule has 0 aliphatic heterocycles. The number of carboxylic acids is 1. The standard InChI is InChI=1S/C18H15N5O3/c1-10-7-11(2)22-8-12(20-18(22)19-10)9-23-16(24)14-6-4-3-5-13(14)15(21-23)17(25)26/h3-8H,9H2,1-2H3,(H,25,26). The molecule has 4 rings (SSSR count). The van der Waals surface area contributed by atoms with Crippen molar-refractivity contribution in [3.05, 3.63) is 69.7 Å². The van der Waals surface area contributed by atoms with Gasteiger partial charge < -0.3 is 5.11 Å². The third-order valence-electron chi connectivity index (χ3n) is 4.19. The van der Waals surface area contributed by atoms with Crippen LogP contribution in [0.5, 0.6) is 0 Å². The third kappa shape index (κ3) is 2.52. The van der Waals surface area contributed by atoms with Gasteiger partial charge in [0.2, 0.25) is 5.78 Å². The van der Waals surface area contributed by atoms with Gasteiger partial charge in [-0.05, 0) is 26.0 Å². The zero-order chi connectivity index (χ0) is 18.4. The van der Waals surface area contributed by atoms with Gasteiger partial charge in [0, 0.05) is 23.0 Å². The van der Waals surface area contributed by atoms with Crippen LogP contribution in [-0.4, -0.2) is 35.2 Å². The zero-order valence-corrected chi connectivity index (χ0v) is 14.2. The molecule has 8 nitrogen and oxygen atoms in total.